The molecule has 0 radical (unpaired) electrons. The van der Waals surface area contributed by atoms with E-state index in [4.69, 9.17) is 11.6 Å². The van der Waals surface area contributed by atoms with Gasteiger partial charge in [0.15, 0.2) is 0 Å². The summed E-state index contributed by atoms with van der Waals surface area (Å²) < 4.78 is 0. The lowest BCUT2D eigenvalue weighted by Crippen LogP contribution is -2.12. The Kier molecular flexibility index (Phi) is 3.53. The second-order valence-electron chi connectivity index (χ2n) is 3.96. The van der Waals surface area contributed by atoms with E-state index in [0.29, 0.717) is 16.3 Å². The third-order valence-electron chi connectivity index (χ3n) is 2.56. The summed E-state index contributed by atoms with van der Waals surface area (Å²) in [6, 6.07) is 11.4. The van der Waals surface area contributed by atoms with Crippen molar-refractivity contribution in [3.8, 4) is 5.75 Å². The molecule has 2 rings (SSSR count). The van der Waals surface area contributed by atoms with Crippen molar-refractivity contribution in [2.45, 2.75) is 6.92 Å². The highest BCUT2D eigenvalue weighted by molar-refractivity contribution is 6.30. The molecule has 3 nitrogen and oxygen atoms in total. The first-order valence-electron chi connectivity index (χ1n) is 5.43. The molecule has 0 atom stereocenters. The molecular weight excluding hydrogens is 250 g/mol. The number of aromatic hydroxyl groups is 1. The van der Waals surface area contributed by atoms with Crippen LogP contribution in [0.1, 0.15) is 15.9 Å². The van der Waals surface area contributed by atoms with Crippen LogP contribution in [0, 0.1) is 6.92 Å². The summed E-state index contributed by atoms with van der Waals surface area (Å²) in [5, 5.41) is 12.7. The first-order valence-corrected chi connectivity index (χ1v) is 5.80. The van der Waals surface area contributed by atoms with Crippen molar-refractivity contribution in [2.24, 2.45) is 0 Å². The van der Waals surface area contributed by atoms with E-state index in [9.17, 15) is 9.90 Å². The Hall–Kier alpha value is -2.00. The fraction of sp³-hybridized carbons (Fsp3) is 0.0714. The lowest BCUT2D eigenvalue weighted by molar-refractivity contribution is 0.102. The van der Waals surface area contributed by atoms with Crippen LogP contribution in [0.5, 0.6) is 5.75 Å². The normalized spacial score (nSPS) is 10.1. The Morgan fingerprint density at radius 1 is 1.17 bits per heavy atom. The van der Waals surface area contributed by atoms with E-state index in [1.165, 1.54) is 6.07 Å². The van der Waals surface area contributed by atoms with Crippen molar-refractivity contribution < 1.29 is 9.90 Å². The van der Waals surface area contributed by atoms with Crippen LogP contribution in [0.15, 0.2) is 42.5 Å². The highest BCUT2D eigenvalue weighted by atomic mass is 35.5. The van der Waals surface area contributed by atoms with Crippen molar-refractivity contribution in [2.75, 3.05) is 5.32 Å². The lowest BCUT2D eigenvalue weighted by atomic mass is 10.1. The molecule has 0 fully saturated rings. The van der Waals surface area contributed by atoms with Gasteiger partial charge in [0, 0.05) is 16.3 Å². The zero-order chi connectivity index (χ0) is 13.1. The van der Waals surface area contributed by atoms with Gasteiger partial charge in [-0.3, -0.25) is 4.79 Å². The SMILES string of the molecule is Cc1cc(O)ccc1NC(=O)c1ccc(Cl)cc1. The van der Waals surface area contributed by atoms with Crippen molar-refractivity contribution in [1.29, 1.82) is 0 Å². The van der Waals surface area contributed by atoms with Gasteiger partial charge in [-0.2, -0.15) is 0 Å². The van der Waals surface area contributed by atoms with Crippen molar-refractivity contribution >= 4 is 23.2 Å². The van der Waals surface area contributed by atoms with Crippen LogP contribution in [-0.4, -0.2) is 11.0 Å². The monoisotopic (exact) mass is 261 g/mol. The number of aryl methyl sites for hydroxylation is 1. The van der Waals surface area contributed by atoms with E-state index in [2.05, 4.69) is 5.32 Å². The minimum absolute atomic E-state index is 0.178. The topological polar surface area (TPSA) is 49.3 Å². The molecule has 2 aromatic rings. The number of carbonyl (C=O) groups is 1. The van der Waals surface area contributed by atoms with E-state index >= 15 is 0 Å². The molecule has 0 saturated heterocycles. The average molecular weight is 262 g/mol. The van der Waals surface area contributed by atoms with Crippen molar-refractivity contribution in [3.05, 3.63) is 58.6 Å². The van der Waals surface area contributed by atoms with Crippen LogP contribution in [0.3, 0.4) is 0 Å². The summed E-state index contributed by atoms with van der Waals surface area (Å²) in [4.78, 5) is 11.9. The molecule has 0 heterocycles. The largest absolute Gasteiger partial charge is 0.508 e. The maximum absolute atomic E-state index is 11.9. The molecule has 0 bridgehead atoms. The summed E-state index contributed by atoms with van der Waals surface area (Å²) in [7, 11) is 0. The number of phenolic OH excluding ortho intramolecular Hbond substituents is 1. The molecule has 0 aliphatic rings. The summed E-state index contributed by atoms with van der Waals surface area (Å²) in [6.45, 7) is 1.82. The summed E-state index contributed by atoms with van der Waals surface area (Å²) in [6.07, 6.45) is 0. The fourth-order valence-corrected chi connectivity index (χ4v) is 1.71. The first-order chi connectivity index (χ1) is 8.56. The zero-order valence-electron chi connectivity index (χ0n) is 9.77. The van der Waals surface area contributed by atoms with Gasteiger partial charge in [0.2, 0.25) is 0 Å². The van der Waals surface area contributed by atoms with Crippen molar-refractivity contribution in [1.82, 2.24) is 0 Å². The maximum atomic E-state index is 11.9. The summed E-state index contributed by atoms with van der Waals surface area (Å²) >= 11 is 5.76. The van der Waals surface area contributed by atoms with Gasteiger partial charge in [-0.05, 0) is 55.0 Å². The Morgan fingerprint density at radius 3 is 2.44 bits per heavy atom. The highest BCUT2D eigenvalue weighted by Gasteiger charge is 2.07. The molecule has 0 aromatic heterocycles. The minimum Gasteiger partial charge on any atom is -0.508 e. The maximum Gasteiger partial charge on any atom is 0.255 e. The van der Waals surface area contributed by atoms with Crippen LogP contribution in [0.25, 0.3) is 0 Å². The predicted molar refractivity (Wildman–Crippen MR) is 72.2 cm³/mol. The van der Waals surface area contributed by atoms with E-state index < -0.39 is 0 Å². The molecule has 0 saturated carbocycles. The van der Waals surface area contributed by atoms with E-state index in [-0.39, 0.29) is 11.7 Å². The number of rotatable bonds is 2. The van der Waals surface area contributed by atoms with Gasteiger partial charge in [0.05, 0.1) is 0 Å². The van der Waals surface area contributed by atoms with Gasteiger partial charge in [-0.15, -0.1) is 0 Å². The van der Waals surface area contributed by atoms with Gasteiger partial charge in [-0.25, -0.2) is 0 Å². The number of phenols is 1. The Balaban J connectivity index is 2.18. The molecule has 4 heteroatoms. The number of halogens is 1. The molecule has 2 aromatic carbocycles. The highest BCUT2D eigenvalue weighted by Crippen LogP contribution is 2.21. The van der Waals surface area contributed by atoms with E-state index in [0.717, 1.165) is 5.56 Å². The summed E-state index contributed by atoms with van der Waals surface area (Å²) in [5.41, 5.74) is 2.01. The Morgan fingerprint density at radius 2 is 1.83 bits per heavy atom. The van der Waals surface area contributed by atoms with Crippen LogP contribution in [-0.2, 0) is 0 Å². The second kappa shape index (κ2) is 5.10. The standard InChI is InChI=1S/C14H12ClNO2/c1-9-8-12(17)6-7-13(9)16-14(18)10-2-4-11(15)5-3-10/h2-8,17H,1H3,(H,16,18). The summed E-state index contributed by atoms with van der Waals surface area (Å²) in [5.74, 6) is -0.0301. The first kappa shape index (κ1) is 12.5. The van der Waals surface area contributed by atoms with Crippen LogP contribution in [0.4, 0.5) is 5.69 Å². The van der Waals surface area contributed by atoms with Gasteiger partial charge in [0.25, 0.3) is 5.91 Å². The van der Waals surface area contributed by atoms with Gasteiger partial charge >= 0.3 is 0 Å². The predicted octanol–water partition coefficient (Wildman–Crippen LogP) is 3.61. The Labute approximate surface area is 110 Å². The van der Waals surface area contributed by atoms with Gasteiger partial charge in [-0.1, -0.05) is 11.6 Å². The number of benzene rings is 2. The van der Waals surface area contributed by atoms with Crippen molar-refractivity contribution in [3.63, 3.8) is 0 Å². The van der Waals surface area contributed by atoms with E-state index in [1.807, 2.05) is 6.92 Å². The molecule has 0 spiro atoms. The third-order valence-corrected chi connectivity index (χ3v) is 2.82. The van der Waals surface area contributed by atoms with E-state index in [1.54, 1.807) is 36.4 Å². The second-order valence-corrected chi connectivity index (χ2v) is 4.40. The van der Waals surface area contributed by atoms with Crippen LogP contribution in [0.2, 0.25) is 5.02 Å². The number of amides is 1. The molecule has 18 heavy (non-hydrogen) atoms. The number of anilines is 1. The molecule has 0 aliphatic carbocycles. The van der Waals surface area contributed by atoms with Crippen LogP contribution >= 0.6 is 11.6 Å². The minimum atomic E-state index is -0.208. The smallest absolute Gasteiger partial charge is 0.255 e. The van der Waals surface area contributed by atoms with Gasteiger partial charge in [0.1, 0.15) is 5.75 Å². The molecular formula is C14H12ClNO2. The molecule has 1 amide bonds. The Bertz CT molecular complexity index is 579. The molecule has 0 unspecified atom stereocenters. The zero-order valence-corrected chi connectivity index (χ0v) is 10.5. The number of nitrogens with one attached hydrogen (secondary N) is 1. The quantitative estimate of drug-likeness (QED) is 0.812. The molecule has 2 N–H and O–H groups in total. The molecule has 0 aliphatic heterocycles. The number of carbonyl (C=O) groups excluding carboxylic acids is 1. The number of hydrogen-bond donors (Lipinski definition) is 2. The fourth-order valence-electron chi connectivity index (χ4n) is 1.58. The number of hydrogen-bond acceptors (Lipinski definition) is 2. The average Bonchev–Trinajstić information content (AvgIpc) is 2.33. The lowest BCUT2D eigenvalue weighted by Gasteiger charge is -2.08. The third kappa shape index (κ3) is 2.81. The van der Waals surface area contributed by atoms with Crippen LogP contribution < -0.4 is 5.32 Å². The molecule has 92 valence electrons. The van der Waals surface area contributed by atoms with Gasteiger partial charge < -0.3 is 10.4 Å².